The zero-order valence-electron chi connectivity index (χ0n) is 10.5. The number of nitrogens with two attached hydrogens (primary N) is 1. The van der Waals surface area contributed by atoms with Gasteiger partial charge in [-0.2, -0.15) is 0 Å². The molecule has 104 valence electrons. The van der Waals surface area contributed by atoms with E-state index in [4.69, 9.17) is 10.5 Å². The number of hydrogen-bond donors (Lipinski definition) is 2. The van der Waals surface area contributed by atoms with Gasteiger partial charge in [0.15, 0.2) is 9.84 Å². The minimum absolute atomic E-state index is 0.0352. The molecule has 1 aliphatic heterocycles. The molecule has 18 heavy (non-hydrogen) atoms. The zero-order valence-corrected chi connectivity index (χ0v) is 11.3. The van der Waals surface area contributed by atoms with Crippen LogP contribution in [0.3, 0.4) is 0 Å². The van der Waals surface area contributed by atoms with Crippen molar-refractivity contribution in [1.82, 2.24) is 5.32 Å². The zero-order chi connectivity index (χ0) is 13.3. The molecule has 1 saturated heterocycles. The van der Waals surface area contributed by atoms with Crippen molar-refractivity contribution < 1.29 is 17.9 Å². The van der Waals surface area contributed by atoms with E-state index in [0.717, 1.165) is 6.42 Å². The fourth-order valence-corrected chi connectivity index (χ4v) is 4.25. The third-order valence-electron chi connectivity index (χ3n) is 3.66. The predicted octanol–water partition coefficient (Wildman–Crippen LogP) is -0.958. The Morgan fingerprint density at radius 1 is 1.50 bits per heavy atom. The van der Waals surface area contributed by atoms with E-state index in [0.29, 0.717) is 13.0 Å². The second kappa shape index (κ2) is 5.14. The third kappa shape index (κ3) is 2.84. The lowest BCUT2D eigenvalue weighted by atomic mass is 9.83. The maximum Gasteiger partial charge on any atom is 0.224 e. The molecule has 0 bridgehead atoms. The van der Waals surface area contributed by atoms with E-state index < -0.39 is 15.8 Å². The topological polar surface area (TPSA) is 98.5 Å². The van der Waals surface area contributed by atoms with Gasteiger partial charge in [-0.1, -0.05) is 0 Å². The molecule has 0 spiro atoms. The Labute approximate surface area is 107 Å². The minimum Gasteiger partial charge on any atom is -0.376 e. The highest BCUT2D eigenvalue weighted by Gasteiger charge is 2.42. The Kier molecular flexibility index (Phi) is 3.93. The van der Waals surface area contributed by atoms with Gasteiger partial charge in [0.1, 0.15) is 0 Å². The Balaban J connectivity index is 1.88. The lowest BCUT2D eigenvalue weighted by Gasteiger charge is -2.42. The van der Waals surface area contributed by atoms with Crippen molar-refractivity contribution in [3.8, 4) is 0 Å². The average Bonchev–Trinajstić information content (AvgIpc) is 2.66. The molecule has 6 nitrogen and oxygen atoms in total. The molecule has 1 heterocycles. The molecule has 1 aliphatic carbocycles. The Morgan fingerprint density at radius 3 is 2.72 bits per heavy atom. The van der Waals surface area contributed by atoms with Crippen LogP contribution >= 0.6 is 0 Å². The smallest absolute Gasteiger partial charge is 0.224 e. The van der Waals surface area contributed by atoms with Crippen LogP contribution in [0.2, 0.25) is 0 Å². The number of nitrogens with one attached hydrogen (secondary N) is 1. The van der Waals surface area contributed by atoms with Crippen molar-refractivity contribution in [3.63, 3.8) is 0 Å². The molecule has 4 atom stereocenters. The normalized spacial score (nSPS) is 38.1. The van der Waals surface area contributed by atoms with Crippen LogP contribution in [-0.2, 0) is 19.4 Å². The number of rotatable bonds is 4. The first kappa shape index (κ1) is 13.8. The summed E-state index contributed by atoms with van der Waals surface area (Å²) in [6, 6.07) is -0.274. The highest BCUT2D eigenvalue weighted by atomic mass is 32.2. The van der Waals surface area contributed by atoms with E-state index in [1.165, 1.54) is 0 Å². The van der Waals surface area contributed by atoms with Crippen LogP contribution in [0.15, 0.2) is 0 Å². The Bertz CT molecular complexity index is 421. The summed E-state index contributed by atoms with van der Waals surface area (Å²) in [7, 11) is -3.03. The number of amides is 1. The monoisotopic (exact) mass is 276 g/mol. The van der Waals surface area contributed by atoms with Crippen LogP contribution in [-0.4, -0.2) is 50.6 Å². The van der Waals surface area contributed by atoms with Gasteiger partial charge >= 0.3 is 0 Å². The van der Waals surface area contributed by atoms with E-state index >= 15 is 0 Å². The van der Waals surface area contributed by atoms with Gasteiger partial charge in [-0.15, -0.1) is 0 Å². The number of carbonyl (C=O) groups excluding carboxylic acids is 1. The highest BCUT2D eigenvalue weighted by Crippen LogP contribution is 2.24. The first-order chi connectivity index (χ1) is 8.43. The lowest BCUT2D eigenvalue weighted by molar-refractivity contribution is -0.128. The van der Waals surface area contributed by atoms with Crippen molar-refractivity contribution in [2.45, 2.75) is 38.0 Å². The molecule has 1 amide bonds. The maximum atomic E-state index is 11.9. The van der Waals surface area contributed by atoms with Crippen LogP contribution in [0.5, 0.6) is 0 Å². The fourth-order valence-electron chi connectivity index (χ4n) is 2.51. The molecule has 1 saturated carbocycles. The van der Waals surface area contributed by atoms with E-state index in [2.05, 4.69) is 5.32 Å². The van der Waals surface area contributed by atoms with Crippen molar-refractivity contribution >= 4 is 15.7 Å². The summed E-state index contributed by atoms with van der Waals surface area (Å²) in [5.41, 5.74) is 5.83. The van der Waals surface area contributed by atoms with Crippen molar-refractivity contribution in [2.24, 2.45) is 11.7 Å². The van der Waals surface area contributed by atoms with Crippen molar-refractivity contribution in [1.29, 1.82) is 0 Å². The van der Waals surface area contributed by atoms with E-state index in [1.807, 2.05) is 6.92 Å². The SMILES string of the molecule is CCOC1CC(N)C1NC(=O)C1CCS(=O)(=O)C1. The molecule has 3 N–H and O–H groups in total. The van der Waals surface area contributed by atoms with Crippen LogP contribution in [0.1, 0.15) is 19.8 Å². The number of carbonyl (C=O) groups is 1. The summed E-state index contributed by atoms with van der Waals surface area (Å²) < 4.78 is 28.1. The fraction of sp³-hybridized carbons (Fsp3) is 0.909. The molecule has 0 aromatic heterocycles. The molecular weight excluding hydrogens is 256 g/mol. The quantitative estimate of drug-likeness (QED) is 0.689. The summed E-state index contributed by atoms with van der Waals surface area (Å²) in [5.74, 6) is -0.567. The molecule has 7 heteroatoms. The predicted molar refractivity (Wildman–Crippen MR) is 66.7 cm³/mol. The summed E-state index contributed by atoms with van der Waals surface area (Å²) in [5, 5.41) is 2.83. The van der Waals surface area contributed by atoms with E-state index in [9.17, 15) is 13.2 Å². The van der Waals surface area contributed by atoms with Gasteiger partial charge in [-0.3, -0.25) is 4.79 Å². The Morgan fingerprint density at radius 2 is 2.22 bits per heavy atom. The van der Waals surface area contributed by atoms with Crippen molar-refractivity contribution in [3.05, 3.63) is 0 Å². The van der Waals surface area contributed by atoms with Crippen LogP contribution < -0.4 is 11.1 Å². The summed E-state index contributed by atoms with van der Waals surface area (Å²) in [6.45, 7) is 2.48. The number of ether oxygens (including phenoxy) is 1. The van der Waals surface area contributed by atoms with Crippen LogP contribution in [0.4, 0.5) is 0 Å². The van der Waals surface area contributed by atoms with Gasteiger partial charge in [0.25, 0.3) is 0 Å². The van der Waals surface area contributed by atoms with Crippen molar-refractivity contribution in [2.75, 3.05) is 18.1 Å². The molecule has 0 radical (unpaired) electrons. The van der Waals surface area contributed by atoms with Crippen LogP contribution in [0.25, 0.3) is 0 Å². The van der Waals surface area contributed by atoms with E-state index in [-0.39, 0.29) is 35.6 Å². The van der Waals surface area contributed by atoms with Gasteiger partial charge < -0.3 is 15.8 Å². The highest BCUT2D eigenvalue weighted by molar-refractivity contribution is 7.91. The van der Waals surface area contributed by atoms with Gasteiger partial charge in [0.05, 0.1) is 29.6 Å². The maximum absolute atomic E-state index is 11.9. The molecule has 2 rings (SSSR count). The van der Waals surface area contributed by atoms with E-state index in [1.54, 1.807) is 0 Å². The largest absolute Gasteiger partial charge is 0.376 e. The standard InChI is InChI=1S/C11H20N2O4S/c1-2-17-9-5-8(12)10(9)13-11(14)7-3-4-18(15,16)6-7/h7-10H,2-6,12H2,1H3,(H,13,14). The van der Waals surface area contributed by atoms with Gasteiger partial charge in [0.2, 0.25) is 5.91 Å². The van der Waals surface area contributed by atoms with Gasteiger partial charge in [0, 0.05) is 12.6 Å². The minimum atomic E-state index is -3.03. The average molecular weight is 276 g/mol. The van der Waals surface area contributed by atoms with Gasteiger partial charge in [-0.05, 0) is 19.8 Å². The summed E-state index contributed by atoms with van der Waals surface area (Å²) in [4.78, 5) is 11.9. The number of sulfone groups is 1. The van der Waals surface area contributed by atoms with Crippen LogP contribution in [0, 0.1) is 5.92 Å². The molecule has 2 fully saturated rings. The molecule has 0 aromatic carbocycles. The summed E-state index contributed by atoms with van der Waals surface area (Å²) in [6.07, 6.45) is 1.11. The molecule has 2 aliphatic rings. The van der Waals surface area contributed by atoms with Gasteiger partial charge in [-0.25, -0.2) is 8.42 Å². The third-order valence-corrected chi connectivity index (χ3v) is 5.43. The molecular formula is C11H20N2O4S. The summed E-state index contributed by atoms with van der Waals surface area (Å²) >= 11 is 0. The first-order valence-corrected chi connectivity index (χ1v) is 8.13. The molecule has 0 aromatic rings. The second-order valence-electron chi connectivity index (χ2n) is 5.03. The number of hydrogen-bond acceptors (Lipinski definition) is 5. The first-order valence-electron chi connectivity index (χ1n) is 6.31. The molecule has 4 unspecified atom stereocenters. The Hall–Kier alpha value is -0.660. The lowest BCUT2D eigenvalue weighted by Crippen LogP contribution is -2.65. The second-order valence-corrected chi connectivity index (χ2v) is 7.26.